The number of fused-ring (bicyclic) bond motifs is 10. The van der Waals surface area contributed by atoms with Crippen LogP contribution in [-0.4, -0.2) is 15.8 Å². The number of hydrogen-bond acceptors (Lipinski definition) is 4. The monoisotopic (exact) mass is 1270 g/mol. The highest BCUT2D eigenvalue weighted by molar-refractivity contribution is 7.00. The molecule has 0 unspecified atom stereocenters. The van der Waals surface area contributed by atoms with Crippen LogP contribution in [0, 0.1) is 22.7 Å². The molecule has 0 saturated heterocycles. The molecule has 0 N–H and O–H groups in total. The summed E-state index contributed by atoms with van der Waals surface area (Å²) >= 11 is 0. The lowest BCUT2D eigenvalue weighted by Crippen LogP contribution is -2.61. The fraction of sp³-hybridized carbons (Fsp3) is 0.130. The number of hydrogen-bond donors (Lipinski definition) is 0. The van der Waals surface area contributed by atoms with E-state index >= 15 is 0 Å². The highest BCUT2D eigenvalue weighted by atomic mass is 15.2. The van der Waals surface area contributed by atoms with E-state index in [0.29, 0.717) is 11.1 Å². The third kappa shape index (κ3) is 9.89. The highest BCUT2D eigenvalue weighted by Gasteiger charge is 2.47. The van der Waals surface area contributed by atoms with Crippen LogP contribution in [0.15, 0.2) is 279 Å². The number of para-hydroxylation sites is 4. The van der Waals surface area contributed by atoms with Crippen molar-refractivity contribution in [3.05, 3.63) is 307 Å². The minimum Gasteiger partial charge on any atom is -0.310 e. The summed E-state index contributed by atoms with van der Waals surface area (Å²) in [5.74, 6) is 0. The average Bonchev–Trinajstić information content (AvgIpc) is 1.29. The molecule has 7 heteroatoms. The van der Waals surface area contributed by atoms with Crippen LogP contribution >= 0.6 is 0 Å². The van der Waals surface area contributed by atoms with Gasteiger partial charge in [-0.15, -0.1) is 0 Å². The lowest BCUT2D eigenvalue weighted by molar-refractivity contribution is 0.590. The molecule has 0 saturated carbocycles. The Bertz CT molecular complexity index is 5450. The highest BCUT2D eigenvalue weighted by Crippen LogP contribution is 2.56. The van der Waals surface area contributed by atoms with Crippen molar-refractivity contribution < 1.29 is 0 Å². The Morgan fingerprint density at radius 2 is 0.606 bits per heavy atom. The summed E-state index contributed by atoms with van der Waals surface area (Å²) < 4.78 is 4.91. The van der Waals surface area contributed by atoms with Crippen molar-refractivity contribution in [2.75, 3.05) is 9.80 Å². The standard InChI is InChI=1S/C92H73BN6/c1-90(2,3)64-48-73(60-28-12-10-13-29-60)88(75(50-64)62-32-24-26-58(46-62)56-94)98-83-54-67(96-79-38-20-16-34-69(79)70-35-17-21-39-80(70)96)42-44-77(83)93-78-45-43-68(97-81-40-22-18-36-71(81)72-37-19-23-41-82(72)97)55-84(78)99(86-53-66(92(7,8)9)52-85(98)87(86)93)89-74(61-30-14-11-15-31-61)49-65(91(4,5)6)51-76(89)63-33-25-27-59(47-63)57-95/h10-55H,1-9H3. The normalized spacial score (nSPS) is 12.8. The minimum atomic E-state index is -0.390. The Hall–Kier alpha value is -11.9. The van der Waals surface area contributed by atoms with E-state index < -0.39 is 0 Å². The van der Waals surface area contributed by atoms with Crippen molar-refractivity contribution in [1.82, 2.24) is 9.13 Å². The van der Waals surface area contributed by atoms with Crippen LogP contribution < -0.4 is 26.2 Å². The summed E-state index contributed by atoms with van der Waals surface area (Å²) in [7, 11) is 0. The first kappa shape index (κ1) is 60.7. The van der Waals surface area contributed by atoms with Crippen molar-refractivity contribution in [1.29, 1.82) is 10.5 Å². The third-order valence-electron chi connectivity index (χ3n) is 20.8. The van der Waals surface area contributed by atoms with E-state index in [1.807, 2.05) is 24.3 Å². The lowest BCUT2D eigenvalue weighted by Gasteiger charge is -2.47. The van der Waals surface area contributed by atoms with Crippen LogP contribution in [0.3, 0.4) is 0 Å². The van der Waals surface area contributed by atoms with Gasteiger partial charge in [-0.1, -0.05) is 232 Å². The molecule has 0 spiro atoms. The van der Waals surface area contributed by atoms with E-state index in [2.05, 4.69) is 348 Å². The van der Waals surface area contributed by atoms with Crippen LogP contribution in [0.2, 0.25) is 0 Å². The van der Waals surface area contributed by atoms with Crippen molar-refractivity contribution >= 4 is 101 Å². The van der Waals surface area contributed by atoms with Gasteiger partial charge < -0.3 is 18.9 Å². The Labute approximate surface area is 580 Å². The molecule has 0 aliphatic carbocycles. The summed E-state index contributed by atoms with van der Waals surface area (Å²) in [6.45, 7) is 20.5. The lowest BCUT2D eigenvalue weighted by atomic mass is 9.33. The zero-order chi connectivity index (χ0) is 67.8. The van der Waals surface area contributed by atoms with E-state index in [0.717, 1.165) is 129 Å². The average molecular weight is 1270 g/mol. The molecule has 13 aromatic carbocycles. The smallest absolute Gasteiger partial charge is 0.252 e. The molecule has 0 radical (unpaired) electrons. The van der Waals surface area contributed by atoms with Crippen LogP contribution in [0.1, 0.15) is 90.1 Å². The fourth-order valence-electron chi connectivity index (χ4n) is 15.8. The predicted octanol–water partition coefficient (Wildman–Crippen LogP) is 22.3. The number of aromatic nitrogens is 2. The van der Waals surface area contributed by atoms with Gasteiger partial charge in [-0.2, -0.15) is 10.5 Å². The van der Waals surface area contributed by atoms with Crippen LogP contribution in [0.4, 0.5) is 34.1 Å². The first-order chi connectivity index (χ1) is 47.9. The molecule has 2 aliphatic rings. The summed E-state index contributed by atoms with van der Waals surface area (Å²) in [6.07, 6.45) is 0. The summed E-state index contributed by atoms with van der Waals surface area (Å²) in [6, 6.07) is 108. The summed E-state index contributed by atoms with van der Waals surface area (Å²) in [4.78, 5) is 5.27. The molecule has 474 valence electrons. The second-order valence-corrected chi connectivity index (χ2v) is 30.0. The van der Waals surface area contributed by atoms with Crippen LogP contribution in [0.5, 0.6) is 0 Å². The molecular weight excluding hydrogens is 1200 g/mol. The molecule has 0 fully saturated rings. The fourth-order valence-corrected chi connectivity index (χ4v) is 15.8. The number of nitrogens with zero attached hydrogens (tertiary/aromatic N) is 6. The molecule has 0 amide bonds. The van der Waals surface area contributed by atoms with E-state index in [-0.39, 0.29) is 23.0 Å². The van der Waals surface area contributed by atoms with Crippen molar-refractivity contribution in [3.63, 3.8) is 0 Å². The third-order valence-corrected chi connectivity index (χ3v) is 20.8. The van der Waals surface area contributed by atoms with E-state index in [9.17, 15) is 10.5 Å². The van der Waals surface area contributed by atoms with Crippen molar-refractivity contribution in [2.24, 2.45) is 0 Å². The zero-order valence-corrected chi connectivity index (χ0v) is 57.3. The molecule has 4 heterocycles. The molecule has 0 bridgehead atoms. The van der Waals surface area contributed by atoms with E-state index in [1.165, 1.54) is 38.1 Å². The second kappa shape index (κ2) is 22.9. The first-order valence-electron chi connectivity index (χ1n) is 34.5. The van der Waals surface area contributed by atoms with Crippen molar-refractivity contribution in [2.45, 2.75) is 78.6 Å². The van der Waals surface area contributed by atoms with Gasteiger partial charge >= 0.3 is 0 Å². The number of rotatable bonds is 8. The molecule has 2 aromatic heterocycles. The van der Waals surface area contributed by atoms with Gasteiger partial charge in [0.25, 0.3) is 6.71 Å². The number of benzene rings is 13. The molecule has 17 rings (SSSR count). The zero-order valence-electron chi connectivity index (χ0n) is 57.3. The Balaban J connectivity index is 1.08. The number of nitriles is 2. The Kier molecular flexibility index (Phi) is 14.0. The molecule has 6 nitrogen and oxygen atoms in total. The van der Waals surface area contributed by atoms with Gasteiger partial charge in [-0.25, -0.2) is 0 Å². The molecule has 0 atom stereocenters. The summed E-state index contributed by atoms with van der Waals surface area (Å²) in [5.41, 5.74) is 28.4. The SMILES string of the molecule is CC(C)(C)c1cc(-c2ccccc2)c(N2c3cc(-n4c5ccccc5c5ccccc54)ccc3B3c4ccc(-n5c6ccccc6c6ccccc65)cc4N(c4c(-c5ccccc5)cc(C(C)(C)C)cc4-c4cccc(C#N)c4)c4cc(C(C)(C)C)cc2c43)c(-c2cccc(C#N)c2)c1. The second-order valence-electron chi connectivity index (χ2n) is 30.0. The maximum Gasteiger partial charge on any atom is 0.252 e. The van der Waals surface area contributed by atoms with Gasteiger partial charge in [-0.05, 0) is 181 Å². The molecule has 2 aliphatic heterocycles. The Morgan fingerprint density at radius 1 is 0.293 bits per heavy atom. The quantitative estimate of drug-likeness (QED) is 0.142. The van der Waals surface area contributed by atoms with Crippen LogP contribution in [0.25, 0.3) is 99.5 Å². The van der Waals surface area contributed by atoms with E-state index in [1.54, 1.807) is 0 Å². The topological polar surface area (TPSA) is 63.9 Å². The Morgan fingerprint density at radius 3 is 0.949 bits per heavy atom. The molecular formula is C92H73BN6. The van der Waals surface area contributed by atoms with E-state index in [4.69, 9.17) is 0 Å². The first-order valence-corrected chi connectivity index (χ1v) is 34.5. The van der Waals surface area contributed by atoms with Crippen LogP contribution in [-0.2, 0) is 16.2 Å². The molecule has 15 aromatic rings. The van der Waals surface area contributed by atoms with Gasteiger partial charge in [0.15, 0.2) is 0 Å². The largest absolute Gasteiger partial charge is 0.310 e. The van der Waals surface area contributed by atoms with Gasteiger partial charge in [0.1, 0.15) is 0 Å². The number of anilines is 6. The predicted molar refractivity (Wildman–Crippen MR) is 416 cm³/mol. The minimum absolute atomic E-state index is 0.269. The maximum atomic E-state index is 10.8. The maximum absolute atomic E-state index is 10.8. The van der Waals surface area contributed by atoms with Gasteiger partial charge in [0.2, 0.25) is 0 Å². The van der Waals surface area contributed by atoms with Gasteiger partial charge in [0, 0.05) is 77.9 Å². The molecule has 99 heavy (non-hydrogen) atoms. The van der Waals surface area contributed by atoms with Gasteiger partial charge in [0.05, 0.1) is 56.7 Å². The van der Waals surface area contributed by atoms with Crippen molar-refractivity contribution in [3.8, 4) is 68.0 Å². The summed E-state index contributed by atoms with van der Waals surface area (Å²) in [5, 5.41) is 26.4. The van der Waals surface area contributed by atoms with Gasteiger partial charge in [-0.3, -0.25) is 0 Å².